The van der Waals surface area contributed by atoms with Crippen molar-refractivity contribution in [3.05, 3.63) is 72.2 Å². The molecule has 0 radical (unpaired) electrons. The van der Waals surface area contributed by atoms with Crippen LogP contribution in [0.5, 0.6) is 23.0 Å². The lowest BCUT2D eigenvalue weighted by molar-refractivity contribution is -0.115. The number of hydrogen-bond donors (Lipinski definition) is 1. The van der Waals surface area contributed by atoms with Gasteiger partial charge in [-0.05, 0) is 56.7 Å². The Balaban J connectivity index is 1.31. The highest BCUT2D eigenvalue weighted by atomic mass is 16.5. The number of aromatic nitrogens is 2. The zero-order chi connectivity index (χ0) is 28.3. The maximum atomic E-state index is 13.0. The quantitative estimate of drug-likeness (QED) is 0.251. The van der Waals surface area contributed by atoms with Crippen molar-refractivity contribution in [3.63, 3.8) is 0 Å². The topological polar surface area (TPSA) is 104 Å². The van der Waals surface area contributed by atoms with Crippen LogP contribution in [0.3, 0.4) is 0 Å². The summed E-state index contributed by atoms with van der Waals surface area (Å²) in [5.41, 5.74) is 3.13. The lowest BCUT2D eigenvalue weighted by Crippen LogP contribution is -2.29. The van der Waals surface area contributed by atoms with Crippen LogP contribution >= 0.6 is 0 Å². The van der Waals surface area contributed by atoms with E-state index in [2.05, 4.69) is 27.2 Å². The van der Waals surface area contributed by atoms with Crippen molar-refractivity contribution in [2.75, 3.05) is 19.5 Å². The Bertz CT molecular complexity index is 1600. The van der Waals surface area contributed by atoms with E-state index in [0.717, 1.165) is 40.9 Å². The summed E-state index contributed by atoms with van der Waals surface area (Å²) in [4.78, 5) is 26.5. The van der Waals surface area contributed by atoms with Crippen molar-refractivity contribution in [2.45, 2.75) is 45.6 Å². The van der Waals surface area contributed by atoms with Gasteiger partial charge >= 0.3 is 0 Å². The summed E-state index contributed by atoms with van der Waals surface area (Å²) in [5.74, 6) is 2.77. The Morgan fingerprint density at radius 2 is 1.82 bits per heavy atom. The van der Waals surface area contributed by atoms with Crippen LogP contribution in [0.4, 0.5) is 11.4 Å². The van der Waals surface area contributed by atoms with Gasteiger partial charge in [0.15, 0.2) is 5.90 Å². The van der Waals surface area contributed by atoms with E-state index in [0.29, 0.717) is 34.4 Å². The third-order valence-electron chi connectivity index (χ3n) is 6.60. The van der Waals surface area contributed by atoms with Crippen LogP contribution < -0.4 is 19.5 Å². The number of amides is 1. The molecule has 0 atom stereocenters. The lowest BCUT2D eigenvalue weighted by Gasteiger charge is -2.32. The molecular weight excluding hydrogens is 508 g/mol. The maximum Gasteiger partial charge on any atom is 0.230 e. The van der Waals surface area contributed by atoms with Crippen LogP contribution in [-0.4, -0.2) is 36.0 Å². The van der Waals surface area contributed by atoms with Gasteiger partial charge in [0.25, 0.3) is 0 Å². The predicted octanol–water partition coefficient (Wildman–Crippen LogP) is 6.72. The molecule has 1 aliphatic heterocycles. The Kier molecular flexibility index (Phi) is 7.55. The molecule has 4 aromatic rings. The number of fused-ring (bicyclic) bond motifs is 2. The summed E-state index contributed by atoms with van der Waals surface area (Å²) in [6.45, 7) is 6.11. The smallest absolute Gasteiger partial charge is 0.230 e. The molecule has 3 heterocycles. The number of nitrogens with one attached hydrogen (secondary N) is 1. The van der Waals surface area contributed by atoms with Crippen molar-refractivity contribution in [3.8, 4) is 23.0 Å². The van der Waals surface area contributed by atoms with Crippen LogP contribution in [0.1, 0.15) is 44.9 Å². The first-order chi connectivity index (χ1) is 19.3. The highest BCUT2D eigenvalue weighted by Gasteiger charge is 2.31. The number of pyridine rings is 2. The molecule has 0 unspecified atom stereocenters. The Labute approximate surface area is 233 Å². The minimum Gasteiger partial charge on any atom is -0.497 e. The minimum atomic E-state index is -0.546. The zero-order valence-corrected chi connectivity index (χ0v) is 23.3. The standard InChI is InChI=1S/C31H32N4O5/c1-6-7-30-35-24-11-8-19(14-23(24)31(2,3)40-30)34-29(36)17-26-28(38-5)16-21(18-33-26)39-27-12-13-32-25-15-20(37-4)9-10-22(25)27/h8-16,18H,6-7,17H2,1-5H3,(H,34,36). The predicted molar refractivity (Wildman–Crippen MR) is 154 cm³/mol. The van der Waals surface area contributed by atoms with E-state index in [1.807, 2.05) is 50.2 Å². The molecule has 0 aliphatic carbocycles. The summed E-state index contributed by atoms with van der Waals surface area (Å²) < 4.78 is 23.0. The van der Waals surface area contributed by atoms with E-state index in [4.69, 9.17) is 18.9 Å². The Hall–Kier alpha value is -4.66. The molecule has 0 saturated heterocycles. The first kappa shape index (κ1) is 26.9. The minimum absolute atomic E-state index is 0.0250. The average Bonchev–Trinajstić information content (AvgIpc) is 2.94. The molecule has 2 aromatic heterocycles. The molecule has 1 aliphatic rings. The van der Waals surface area contributed by atoms with E-state index in [1.54, 1.807) is 31.6 Å². The number of carbonyl (C=O) groups is 1. The number of aliphatic imine (C=N–C) groups is 1. The largest absolute Gasteiger partial charge is 0.497 e. The second-order valence-corrected chi connectivity index (χ2v) is 9.94. The van der Waals surface area contributed by atoms with Gasteiger partial charge in [0.1, 0.15) is 28.6 Å². The molecule has 0 bridgehead atoms. The van der Waals surface area contributed by atoms with Gasteiger partial charge in [0.2, 0.25) is 5.91 Å². The Morgan fingerprint density at radius 1 is 0.975 bits per heavy atom. The van der Waals surface area contributed by atoms with Gasteiger partial charge in [-0.15, -0.1) is 0 Å². The zero-order valence-electron chi connectivity index (χ0n) is 23.3. The number of rotatable bonds is 9. The first-order valence-electron chi connectivity index (χ1n) is 13.1. The van der Waals surface area contributed by atoms with Gasteiger partial charge in [0, 0.05) is 41.4 Å². The van der Waals surface area contributed by atoms with Crippen molar-refractivity contribution in [1.29, 1.82) is 0 Å². The molecule has 9 heteroatoms. The van der Waals surface area contributed by atoms with Crippen LogP contribution in [0.15, 0.2) is 65.9 Å². The molecule has 40 heavy (non-hydrogen) atoms. The van der Waals surface area contributed by atoms with Crippen molar-refractivity contribution in [1.82, 2.24) is 9.97 Å². The van der Waals surface area contributed by atoms with Crippen molar-refractivity contribution in [2.24, 2.45) is 4.99 Å². The number of anilines is 1. The molecule has 0 fully saturated rings. The van der Waals surface area contributed by atoms with E-state index in [9.17, 15) is 4.79 Å². The number of nitrogens with zero attached hydrogens (tertiary/aromatic N) is 3. The second-order valence-electron chi connectivity index (χ2n) is 9.94. The third kappa shape index (κ3) is 5.68. The fourth-order valence-corrected chi connectivity index (χ4v) is 4.64. The molecular formula is C31H32N4O5. The SMILES string of the molecule is CCCC1=Nc2ccc(NC(=O)Cc3ncc(Oc4ccnc5cc(OC)ccc45)cc3OC)cc2C(C)(C)O1. The molecule has 1 amide bonds. The summed E-state index contributed by atoms with van der Waals surface area (Å²) >= 11 is 0. The van der Waals surface area contributed by atoms with Crippen molar-refractivity contribution < 1.29 is 23.7 Å². The summed E-state index contributed by atoms with van der Waals surface area (Å²) in [5, 5.41) is 3.79. The van der Waals surface area contributed by atoms with Gasteiger partial charge in [-0.25, -0.2) is 4.99 Å². The Morgan fingerprint density at radius 3 is 2.60 bits per heavy atom. The molecule has 0 saturated carbocycles. The number of carbonyl (C=O) groups excluding carboxylic acids is 1. The number of benzene rings is 2. The van der Waals surface area contributed by atoms with E-state index in [1.165, 1.54) is 7.11 Å². The highest BCUT2D eigenvalue weighted by molar-refractivity contribution is 5.93. The third-order valence-corrected chi connectivity index (χ3v) is 6.60. The molecule has 1 N–H and O–H groups in total. The molecule has 5 rings (SSSR count). The van der Waals surface area contributed by atoms with E-state index < -0.39 is 5.60 Å². The van der Waals surface area contributed by atoms with Gasteiger partial charge in [-0.2, -0.15) is 0 Å². The molecule has 0 spiro atoms. The van der Waals surface area contributed by atoms with Crippen LogP contribution in [0.2, 0.25) is 0 Å². The van der Waals surface area contributed by atoms with Crippen molar-refractivity contribution >= 4 is 34.1 Å². The fourth-order valence-electron chi connectivity index (χ4n) is 4.64. The molecule has 9 nitrogen and oxygen atoms in total. The van der Waals surface area contributed by atoms with Crippen LogP contribution in [0.25, 0.3) is 10.9 Å². The summed E-state index contributed by atoms with van der Waals surface area (Å²) in [7, 11) is 3.15. The van der Waals surface area contributed by atoms with E-state index >= 15 is 0 Å². The molecule has 206 valence electrons. The fraction of sp³-hybridized carbons (Fsp3) is 0.290. The van der Waals surface area contributed by atoms with Gasteiger partial charge in [-0.3, -0.25) is 14.8 Å². The highest BCUT2D eigenvalue weighted by Crippen LogP contribution is 2.39. The number of ether oxygens (including phenoxy) is 4. The number of methoxy groups -OCH3 is 2. The average molecular weight is 541 g/mol. The first-order valence-corrected chi connectivity index (χ1v) is 13.1. The van der Waals surface area contributed by atoms with Gasteiger partial charge in [-0.1, -0.05) is 6.92 Å². The van der Waals surface area contributed by atoms with Crippen LogP contribution in [-0.2, 0) is 21.6 Å². The van der Waals surface area contributed by atoms with E-state index in [-0.39, 0.29) is 12.3 Å². The maximum absolute atomic E-state index is 13.0. The van der Waals surface area contributed by atoms with Gasteiger partial charge < -0.3 is 24.3 Å². The molecule has 2 aromatic carbocycles. The summed E-state index contributed by atoms with van der Waals surface area (Å²) in [6.07, 6.45) is 5.02. The van der Waals surface area contributed by atoms with Gasteiger partial charge in [0.05, 0.1) is 43.7 Å². The second kappa shape index (κ2) is 11.2. The summed E-state index contributed by atoms with van der Waals surface area (Å²) in [6, 6.07) is 14.8. The monoisotopic (exact) mass is 540 g/mol. The lowest BCUT2D eigenvalue weighted by atomic mass is 9.94. The van der Waals surface area contributed by atoms with Crippen LogP contribution in [0, 0.1) is 0 Å². The number of hydrogen-bond acceptors (Lipinski definition) is 8. The normalized spacial score (nSPS) is 13.6.